The molecule has 0 aliphatic carbocycles. The molecule has 0 saturated carbocycles. The van der Waals surface area contributed by atoms with E-state index in [9.17, 15) is 4.79 Å². The molecule has 2 heterocycles. The molecule has 1 amide bonds. The van der Waals surface area contributed by atoms with Crippen molar-refractivity contribution in [2.75, 3.05) is 5.32 Å². The number of H-pyrrole nitrogens is 1. The van der Waals surface area contributed by atoms with Crippen molar-refractivity contribution in [3.63, 3.8) is 0 Å². The fourth-order valence-electron chi connectivity index (χ4n) is 1.42. The van der Waals surface area contributed by atoms with Gasteiger partial charge in [0.1, 0.15) is 11.0 Å². The number of aryl methyl sites for hydroxylation is 1. The molecule has 0 aliphatic heterocycles. The molecule has 8 heteroatoms. The fraction of sp³-hybridized carbons (Fsp3) is 0.273. The molecule has 0 aromatic carbocycles. The fourth-order valence-corrected chi connectivity index (χ4v) is 1.87. The van der Waals surface area contributed by atoms with Crippen molar-refractivity contribution in [3.05, 3.63) is 33.5 Å². The van der Waals surface area contributed by atoms with E-state index in [4.69, 9.17) is 11.6 Å². The van der Waals surface area contributed by atoms with Crippen LogP contribution in [0.4, 0.5) is 5.69 Å². The maximum absolute atomic E-state index is 11.9. The van der Waals surface area contributed by atoms with Crippen LogP contribution >= 0.6 is 27.5 Å². The molecule has 0 bridgehead atoms. The molecule has 2 rings (SSSR count). The maximum atomic E-state index is 11.9. The number of nitrogens with one attached hydrogen (secondary N) is 2. The second-order valence-electron chi connectivity index (χ2n) is 3.81. The first-order chi connectivity index (χ1) is 9.10. The van der Waals surface area contributed by atoms with Crippen LogP contribution in [0.2, 0.25) is 5.15 Å². The lowest BCUT2D eigenvalue weighted by molar-refractivity contribution is 0.101. The molecule has 19 heavy (non-hydrogen) atoms. The van der Waals surface area contributed by atoms with Crippen molar-refractivity contribution in [1.82, 2.24) is 20.2 Å². The van der Waals surface area contributed by atoms with Crippen molar-refractivity contribution in [1.29, 1.82) is 0 Å². The van der Waals surface area contributed by atoms with Crippen LogP contribution in [0, 0.1) is 0 Å². The Bertz CT molecular complexity index is 601. The first-order valence-corrected chi connectivity index (χ1v) is 6.81. The first-order valence-electron chi connectivity index (χ1n) is 5.64. The number of pyridine rings is 1. The Kier molecular flexibility index (Phi) is 4.49. The highest BCUT2D eigenvalue weighted by molar-refractivity contribution is 9.10. The summed E-state index contributed by atoms with van der Waals surface area (Å²) in [6.45, 7) is 2.03. The van der Waals surface area contributed by atoms with Crippen LogP contribution < -0.4 is 5.32 Å². The third kappa shape index (κ3) is 3.51. The highest BCUT2D eigenvalue weighted by Crippen LogP contribution is 2.22. The van der Waals surface area contributed by atoms with E-state index in [1.165, 1.54) is 6.20 Å². The zero-order valence-corrected chi connectivity index (χ0v) is 12.4. The maximum Gasteiger partial charge on any atom is 0.295 e. The molecular weight excluding hydrogens is 334 g/mol. The van der Waals surface area contributed by atoms with Gasteiger partial charge in [0.15, 0.2) is 0 Å². The van der Waals surface area contributed by atoms with Crippen LogP contribution in [-0.2, 0) is 6.42 Å². The van der Waals surface area contributed by atoms with Gasteiger partial charge in [-0.3, -0.25) is 9.89 Å². The summed E-state index contributed by atoms with van der Waals surface area (Å²) in [7, 11) is 0. The van der Waals surface area contributed by atoms with Gasteiger partial charge >= 0.3 is 0 Å². The Labute approximate surface area is 123 Å². The third-order valence-corrected chi connectivity index (χ3v) is 3.41. The molecule has 0 spiro atoms. The summed E-state index contributed by atoms with van der Waals surface area (Å²) in [5.41, 5.74) is 0.517. The molecule has 0 fully saturated rings. The topological polar surface area (TPSA) is 83.6 Å². The van der Waals surface area contributed by atoms with Gasteiger partial charge in [-0.25, -0.2) is 9.97 Å². The SMILES string of the molecule is CCCc1nc(C(=O)Nc2cnc(Cl)c(Br)c2)n[nH]1. The van der Waals surface area contributed by atoms with Crippen molar-refractivity contribution < 1.29 is 4.79 Å². The normalized spacial score (nSPS) is 10.5. The van der Waals surface area contributed by atoms with Crippen LogP contribution in [0.1, 0.15) is 29.8 Å². The number of aromatic nitrogens is 4. The van der Waals surface area contributed by atoms with E-state index in [1.54, 1.807) is 6.07 Å². The monoisotopic (exact) mass is 343 g/mol. The van der Waals surface area contributed by atoms with E-state index in [2.05, 4.69) is 41.4 Å². The zero-order valence-electron chi connectivity index (χ0n) is 10.1. The van der Waals surface area contributed by atoms with E-state index in [-0.39, 0.29) is 5.82 Å². The lowest BCUT2D eigenvalue weighted by Gasteiger charge is -2.03. The molecule has 2 aromatic heterocycles. The Morgan fingerprint density at radius 2 is 2.37 bits per heavy atom. The molecule has 2 aromatic rings. The van der Waals surface area contributed by atoms with Gasteiger partial charge in [-0.2, -0.15) is 0 Å². The second kappa shape index (κ2) is 6.12. The Balaban J connectivity index is 2.09. The minimum atomic E-state index is -0.394. The molecule has 0 radical (unpaired) electrons. The largest absolute Gasteiger partial charge is 0.318 e. The Hall–Kier alpha value is -1.47. The minimum Gasteiger partial charge on any atom is -0.318 e. The summed E-state index contributed by atoms with van der Waals surface area (Å²) < 4.78 is 0.605. The predicted octanol–water partition coefficient (Wildman–Crippen LogP) is 2.82. The van der Waals surface area contributed by atoms with E-state index >= 15 is 0 Å². The summed E-state index contributed by atoms with van der Waals surface area (Å²) in [5.74, 6) is 0.409. The highest BCUT2D eigenvalue weighted by Gasteiger charge is 2.13. The summed E-state index contributed by atoms with van der Waals surface area (Å²) in [5, 5.41) is 9.57. The third-order valence-electron chi connectivity index (χ3n) is 2.28. The van der Waals surface area contributed by atoms with Gasteiger partial charge < -0.3 is 5.32 Å². The average Bonchev–Trinajstić information content (AvgIpc) is 2.83. The molecule has 2 N–H and O–H groups in total. The summed E-state index contributed by atoms with van der Waals surface area (Å²) in [4.78, 5) is 19.9. The summed E-state index contributed by atoms with van der Waals surface area (Å²) >= 11 is 9.01. The number of halogens is 2. The van der Waals surface area contributed by atoms with Crippen LogP contribution in [-0.4, -0.2) is 26.1 Å². The van der Waals surface area contributed by atoms with Gasteiger partial charge in [0.05, 0.1) is 16.4 Å². The van der Waals surface area contributed by atoms with E-state index in [1.807, 2.05) is 6.92 Å². The molecule has 6 nitrogen and oxygen atoms in total. The quantitative estimate of drug-likeness (QED) is 0.835. The van der Waals surface area contributed by atoms with Gasteiger partial charge in [-0.15, -0.1) is 5.10 Å². The van der Waals surface area contributed by atoms with Crippen LogP contribution in [0.15, 0.2) is 16.7 Å². The predicted molar refractivity (Wildman–Crippen MR) is 75.3 cm³/mol. The molecule has 0 saturated heterocycles. The van der Waals surface area contributed by atoms with Gasteiger partial charge in [0, 0.05) is 6.42 Å². The number of hydrogen-bond acceptors (Lipinski definition) is 4. The summed E-state index contributed by atoms with van der Waals surface area (Å²) in [6.07, 6.45) is 3.16. The second-order valence-corrected chi connectivity index (χ2v) is 5.02. The number of hydrogen-bond donors (Lipinski definition) is 2. The van der Waals surface area contributed by atoms with Crippen LogP contribution in [0.25, 0.3) is 0 Å². The number of aromatic amines is 1. The average molecular weight is 345 g/mol. The van der Waals surface area contributed by atoms with E-state index < -0.39 is 5.91 Å². The minimum absolute atomic E-state index is 0.106. The van der Waals surface area contributed by atoms with E-state index in [0.29, 0.717) is 21.1 Å². The lowest BCUT2D eigenvalue weighted by atomic mass is 10.3. The van der Waals surface area contributed by atoms with Gasteiger partial charge in [-0.1, -0.05) is 18.5 Å². The molecule has 0 aliphatic rings. The Morgan fingerprint density at radius 1 is 1.58 bits per heavy atom. The van der Waals surface area contributed by atoms with Crippen molar-refractivity contribution >= 4 is 39.1 Å². The molecule has 100 valence electrons. The lowest BCUT2D eigenvalue weighted by Crippen LogP contribution is -2.14. The van der Waals surface area contributed by atoms with Crippen molar-refractivity contribution in [3.8, 4) is 0 Å². The number of rotatable bonds is 4. The van der Waals surface area contributed by atoms with Crippen molar-refractivity contribution in [2.45, 2.75) is 19.8 Å². The number of nitrogens with zero attached hydrogens (tertiary/aromatic N) is 3. The van der Waals surface area contributed by atoms with Gasteiger partial charge in [-0.05, 0) is 28.4 Å². The van der Waals surface area contributed by atoms with Gasteiger partial charge in [0.25, 0.3) is 5.91 Å². The number of carbonyl (C=O) groups excluding carboxylic acids is 1. The molecule has 0 atom stereocenters. The van der Waals surface area contributed by atoms with Crippen LogP contribution in [0.3, 0.4) is 0 Å². The summed E-state index contributed by atoms with van der Waals surface area (Å²) in [6, 6.07) is 1.66. The molecular formula is C11H11BrClN5O. The zero-order chi connectivity index (χ0) is 13.8. The van der Waals surface area contributed by atoms with Gasteiger partial charge in [0.2, 0.25) is 5.82 Å². The van der Waals surface area contributed by atoms with Crippen LogP contribution in [0.5, 0.6) is 0 Å². The first kappa shape index (κ1) is 14.0. The standard InChI is InChI=1S/C11H11BrClN5O/c1-2-3-8-16-10(18-17-8)11(19)15-6-4-7(12)9(13)14-5-6/h4-5H,2-3H2,1H3,(H,15,19)(H,16,17,18). The smallest absolute Gasteiger partial charge is 0.295 e. The highest BCUT2D eigenvalue weighted by atomic mass is 79.9. The van der Waals surface area contributed by atoms with Crippen molar-refractivity contribution in [2.24, 2.45) is 0 Å². The van der Waals surface area contributed by atoms with E-state index in [0.717, 1.165) is 12.8 Å². The number of amides is 1. The molecule has 0 unspecified atom stereocenters. The number of anilines is 1. The number of carbonyl (C=O) groups is 1. The Morgan fingerprint density at radius 3 is 3.05 bits per heavy atom.